The summed E-state index contributed by atoms with van der Waals surface area (Å²) in [5.74, 6) is 0.911. The molecule has 21 heavy (non-hydrogen) atoms. The monoisotopic (exact) mass is 287 g/mol. The molecule has 1 saturated heterocycles. The van der Waals surface area contributed by atoms with Crippen molar-refractivity contribution in [1.29, 1.82) is 0 Å². The van der Waals surface area contributed by atoms with Crippen LogP contribution in [0, 0.1) is 0 Å². The molecule has 0 atom stereocenters. The van der Waals surface area contributed by atoms with Crippen molar-refractivity contribution >= 4 is 5.95 Å². The number of aromatic hydroxyl groups is 1. The highest BCUT2D eigenvalue weighted by Crippen LogP contribution is 2.28. The molecule has 3 heterocycles. The van der Waals surface area contributed by atoms with E-state index >= 15 is 0 Å². The molecule has 0 unspecified atom stereocenters. The predicted octanol–water partition coefficient (Wildman–Crippen LogP) is 0.662. The van der Waals surface area contributed by atoms with E-state index in [-0.39, 0.29) is 5.88 Å². The topological polar surface area (TPSA) is 83.4 Å². The van der Waals surface area contributed by atoms with E-state index in [0.717, 1.165) is 37.4 Å². The lowest BCUT2D eigenvalue weighted by Crippen LogP contribution is -2.44. The Kier molecular flexibility index (Phi) is 3.83. The zero-order valence-corrected chi connectivity index (χ0v) is 11.8. The van der Waals surface area contributed by atoms with Gasteiger partial charge in [0.05, 0.1) is 12.8 Å². The molecular formula is C14H17N5O2. The lowest BCUT2D eigenvalue weighted by molar-refractivity contribution is 0.363. The maximum absolute atomic E-state index is 9.56. The Morgan fingerprint density at radius 3 is 2.86 bits per heavy atom. The number of aromatic nitrogens is 3. The van der Waals surface area contributed by atoms with E-state index < -0.39 is 0 Å². The lowest BCUT2D eigenvalue weighted by Gasteiger charge is -2.27. The molecule has 7 heteroatoms. The first-order valence-electron chi connectivity index (χ1n) is 6.80. The second-order valence-corrected chi connectivity index (χ2v) is 4.73. The Morgan fingerprint density at radius 2 is 2.10 bits per heavy atom. The fourth-order valence-corrected chi connectivity index (χ4v) is 2.25. The Hall–Kier alpha value is -2.41. The van der Waals surface area contributed by atoms with Crippen LogP contribution in [0.15, 0.2) is 24.5 Å². The number of rotatable bonds is 3. The molecule has 2 aromatic rings. The van der Waals surface area contributed by atoms with Crippen LogP contribution in [0.4, 0.5) is 5.95 Å². The van der Waals surface area contributed by atoms with E-state index in [1.165, 1.54) is 7.11 Å². The summed E-state index contributed by atoms with van der Waals surface area (Å²) in [5, 5.41) is 12.9. The van der Waals surface area contributed by atoms with Crippen molar-refractivity contribution < 1.29 is 9.84 Å². The minimum atomic E-state index is -0.127. The normalized spacial score (nSPS) is 15.0. The SMILES string of the molecule is COc1cc(-c2ccnc(N3CCNCC3)n2)cnc1O. The van der Waals surface area contributed by atoms with Crippen LogP contribution in [-0.2, 0) is 0 Å². The maximum atomic E-state index is 9.56. The number of pyridine rings is 1. The smallest absolute Gasteiger partial charge is 0.254 e. The molecule has 110 valence electrons. The van der Waals surface area contributed by atoms with Gasteiger partial charge in [0.15, 0.2) is 5.75 Å². The van der Waals surface area contributed by atoms with Gasteiger partial charge in [-0.25, -0.2) is 15.0 Å². The largest absolute Gasteiger partial charge is 0.491 e. The highest BCUT2D eigenvalue weighted by molar-refractivity contribution is 5.62. The van der Waals surface area contributed by atoms with Crippen molar-refractivity contribution in [2.45, 2.75) is 0 Å². The van der Waals surface area contributed by atoms with Crippen LogP contribution in [0.1, 0.15) is 0 Å². The van der Waals surface area contributed by atoms with Crippen LogP contribution in [0.25, 0.3) is 11.3 Å². The number of nitrogens with one attached hydrogen (secondary N) is 1. The number of anilines is 1. The number of nitrogens with zero attached hydrogens (tertiary/aromatic N) is 4. The van der Waals surface area contributed by atoms with Crippen LogP contribution < -0.4 is 15.0 Å². The lowest BCUT2D eigenvalue weighted by atomic mass is 10.2. The third-order valence-electron chi connectivity index (χ3n) is 3.39. The summed E-state index contributed by atoms with van der Waals surface area (Å²) in [6.07, 6.45) is 3.31. The standard InChI is InChI=1S/C14H17N5O2/c1-21-12-8-10(9-17-13(12)20)11-2-3-16-14(18-11)19-6-4-15-5-7-19/h2-3,8-9,15H,4-7H2,1H3,(H,17,20). The van der Waals surface area contributed by atoms with Gasteiger partial charge in [-0.3, -0.25) is 0 Å². The first-order valence-corrected chi connectivity index (χ1v) is 6.80. The van der Waals surface area contributed by atoms with E-state index in [2.05, 4.69) is 25.2 Å². The van der Waals surface area contributed by atoms with Gasteiger partial charge in [-0.15, -0.1) is 0 Å². The molecule has 1 fully saturated rings. The van der Waals surface area contributed by atoms with Gasteiger partial charge in [-0.2, -0.15) is 0 Å². The average Bonchev–Trinajstić information content (AvgIpc) is 2.56. The Morgan fingerprint density at radius 1 is 1.29 bits per heavy atom. The van der Waals surface area contributed by atoms with E-state index in [4.69, 9.17) is 4.74 Å². The van der Waals surface area contributed by atoms with Gasteiger partial charge >= 0.3 is 0 Å². The Balaban J connectivity index is 1.92. The van der Waals surface area contributed by atoms with Crippen molar-refractivity contribution in [2.75, 3.05) is 38.2 Å². The van der Waals surface area contributed by atoms with Crippen molar-refractivity contribution in [1.82, 2.24) is 20.3 Å². The molecule has 0 aliphatic carbocycles. The molecule has 2 aromatic heterocycles. The van der Waals surface area contributed by atoms with Crippen molar-refractivity contribution in [3.8, 4) is 22.9 Å². The molecule has 3 rings (SSSR count). The summed E-state index contributed by atoms with van der Waals surface area (Å²) in [4.78, 5) is 15.0. The fourth-order valence-electron chi connectivity index (χ4n) is 2.25. The van der Waals surface area contributed by atoms with E-state index in [9.17, 15) is 5.11 Å². The summed E-state index contributed by atoms with van der Waals surface area (Å²) in [6.45, 7) is 3.64. The van der Waals surface area contributed by atoms with Gasteiger partial charge < -0.3 is 20.1 Å². The van der Waals surface area contributed by atoms with Crippen LogP contribution in [0.3, 0.4) is 0 Å². The molecular weight excluding hydrogens is 270 g/mol. The third-order valence-corrected chi connectivity index (χ3v) is 3.39. The molecule has 0 aromatic carbocycles. The molecule has 2 N–H and O–H groups in total. The summed E-state index contributed by atoms with van der Waals surface area (Å²) < 4.78 is 5.08. The van der Waals surface area contributed by atoms with E-state index in [1.54, 1.807) is 18.5 Å². The molecule has 0 bridgehead atoms. The summed E-state index contributed by atoms with van der Waals surface area (Å²) in [7, 11) is 1.49. The molecule has 7 nitrogen and oxygen atoms in total. The molecule has 0 spiro atoms. The average molecular weight is 287 g/mol. The molecule has 0 saturated carbocycles. The third kappa shape index (κ3) is 2.87. The minimum absolute atomic E-state index is 0.127. The maximum Gasteiger partial charge on any atom is 0.254 e. The first-order chi connectivity index (χ1) is 10.3. The quantitative estimate of drug-likeness (QED) is 0.858. The number of piperazine rings is 1. The van der Waals surface area contributed by atoms with Gasteiger partial charge in [0.1, 0.15) is 0 Å². The molecule has 0 radical (unpaired) electrons. The summed E-state index contributed by atoms with van der Waals surface area (Å²) in [6, 6.07) is 3.53. The zero-order valence-electron chi connectivity index (χ0n) is 11.8. The number of hydrogen-bond acceptors (Lipinski definition) is 7. The second-order valence-electron chi connectivity index (χ2n) is 4.73. The number of hydrogen-bond donors (Lipinski definition) is 2. The molecule has 1 aliphatic heterocycles. The molecule has 0 amide bonds. The van der Waals surface area contributed by atoms with Crippen molar-refractivity contribution in [2.24, 2.45) is 0 Å². The van der Waals surface area contributed by atoms with Gasteiger partial charge in [0.2, 0.25) is 5.95 Å². The summed E-state index contributed by atoms with van der Waals surface area (Å²) in [5.41, 5.74) is 1.53. The Labute approximate surface area is 122 Å². The van der Waals surface area contributed by atoms with Gasteiger partial charge in [0.25, 0.3) is 5.88 Å². The Bertz CT molecular complexity index is 629. The highest BCUT2D eigenvalue weighted by Gasteiger charge is 2.14. The first kappa shape index (κ1) is 13.6. The van der Waals surface area contributed by atoms with Gasteiger partial charge in [-0.05, 0) is 12.1 Å². The van der Waals surface area contributed by atoms with Crippen LogP contribution in [-0.4, -0.2) is 53.3 Å². The summed E-state index contributed by atoms with van der Waals surface area (Å²) >= 11 is 0. The van der Waals surface area contributed by atoms with E-state index in [0.29, 0.717) is 11.7 Å². The van der Waals surface area contributed by atoms with Gasteiger partial charge in [0, 0.05) is 44.1 Å². The van der Waals surface area contributed by atoms with E-state index in [1.807, 2.05) is 6.07 Å². The number of methoxy groups -OCH3 is 1. The highest BCUT2D eigenvalue weighted by atomic mass is 16.5. The van der Waals surface area contributed by atoms with Crippen LogP contribution in [0.2, 0.25) is 0 Å². The fraction of sp³-hybridized carbons (Fsp3) is 0.357. The second kappa shape index (κ2) is 5.92. The predicted molar refractivity (Wildman–Crippen MR) is 78.6 cm³/mol. The van der Waals surface area contributed by atoms with Crippen LogP contribution >= 0.6 is 0 Å². The minimum Gasteiger partial charge on any atom is -0.491 e. The van der Waals surface area contributed by atoms with Crippen molar-refractivity contribution in [3.05, 3.63) is 24.5 Å². The number of ether oxygens (including phenoxy) is 1. The van der Waals surface area contributed by atoms with Gasteiger partial charge in [-0.1, -0.05) is 0 Å². The van der Waals surface area contributed by atoms with Crippen LogP contribution in [0.5, 0.6) is 11.6 Å². The zero-order chi connectivity index (χ0) is 14.7. The van der Waals surface area contributed by atoms with Crippen molar-refractivity contribution in [3.63, 3.8) is 0 Å². The molecule has 1 aliphatic rings.